The van der Waals surface area contributed by atoms with Gasteiger partial charge in [0.2, 0.25) is 0 Å². The van der Waals surface area contributed by atoms with Crippen molar-refractivity contribution in [3.8, 4) is 6.07 Å². The van der Waals surface area contributed by atoms with Gasteiger partial charge in [-0.3, -0.25) is 0 Å². The molecule has 2 rings (SSSR count). The van der Waals surface area contributed by atoms with Crippen LogP contribution < -0.4 is 5.32 Å². The monoisotopic (exact) mass is 174 g/mol. The van der Waals surface area contributed by atoms with Crippen LogP contribution in [0.4, 0.5) is 5.82 Å². The number of anilines is 1. The lowest BCUT2D eigenvalue weighted by molar-refractivity contribution is 0.921. The average Bonchev–Trinajstić information content (AvgIpc) is 2.83. The molecule has 1 saturated carbocycles. The first-order valence-corrected chi connectivity index (χ1v) is 4.28. The number of aromatic nitrogens is 2. The van der Waals surface area contributed by atoms with Gasteiger partial charge in [0, 0.05) is 6.04 Å². The van der Waals surface area contributed by atoms with Gasteiger partial charge in [-0.05, 0) is 12.3 Å². The molecular weight excluding hydrogens is 164 g/mol. The van der Waals surface area contributed by atoms with Crippen LogP contribution in [0.1, 0.15) is 19.0 Å². The first kappa shape index (κ1) is 7.99. The van der Waals surface area contributed by atoms with Gasteiger partial charge < -0.3 is 5.32 Å². The molecule has 0 spiro atoms. The zero-order valence-corrected chi connectivity index (χ0v) is 7.36. The van der Waals surface area contributed by atoms with E-state index in [1.807, 2.05) is 6.07 Å². The highest BCUT2D eigenvalue weighted by Crippen LogP contribution is 2.31. The Kier molecular flexibility index (Phi) is 1.85. The number of nitrogens with one attached hydrogen (secondary N) is 1. The molecule has 0 amide bonds. The van der Waals surface area contributed by atoms with Crippen LogP contribution in [0.2, 0.25) is 0 Å². The summed E-state index contributed by atoms with van der Waals surface area (Å²) in [5, 5.41) is 11.7. The standard InChI is InChI=1S/C9H10N4/c1-6-2-8(6)13-9-5-11-7(3-10)4-12-9/h4-6,8H,2H2,1H3,(H,12,13)/t6-,8-/m1/s1. The second-order valence-electron chi connectivity index (χ2n) is 3.36. The summed E-state index contributed by atoms with van der Waals surface area (Å²) < 4.78 is 0. The molecule has 4 heteroatoms. The first-order chi connectivity index (χ1) is 6.29. The van der Waals surface area contributed by atoms with Crippen molar-refractivity contribution in [2.24, 2.45) is 5.92 Å². The van der Waals surface area contributed by atoms with E-state index in [1.165, 1.54) is 12.6 Å². The van der Waals surface area contributed by atoms with Crippen LogP contribution in [0.25, 0.3) is 0 Å². The molecule has 1 aromatic heterocycles. The Morgan fingerprint density at radius 1 is 1.54 bits per heavy atom. The minimum atomic E-state index is 0.356. The van der Waals surface area contributed by atoms with Crippen LogP contribution in [0, 0.1) is 17.2 Å². The highest BCUT2D eigenvalue weighted by atomic mass is 15.1. The van der Waals surface area contributed by atoms with Crippen molar-refractivity contribution in [2.75, 3.05) is 5.32 Å². The van der Waals surface area contributed by atoms with Crippen LogP contribution in [0.3, 0.4) is 0 Å². The highest BCUT2D eigenvalue weighted by Gasteiger charge is 2.32. The molecule has 1 aliphatic rings. The molecule has 13 heavy (non-hydrogen) atoms. The fraction of sp³-hybridized carbons (Fsp3) is 0.444. The van der Waals surface area contributed by atoms with Gasteiger partial charge in [-0.2, -0.15) is 5.26 Å². The molecule has 1 aromatic rings. The predicted molar refractivity (Wildman–Crippen MR) is 47.9 cm³/mol. The second-order valence-corrected chi connectivity index (χ2v) is 3.36. The number of rotatable bonds is 2. The third-order valence-corrected chi connectivity index (χ3v) is 2.21. The molecule has 1 aliphatic carbocycles. The van der Waals surface area contributed by atoms with Gasteiger partial charge >= 0.3 is 0 Å². The number of hydrogen-bond donors (Lipinski definition) is 1. The lowest BCUT2D eigenvalue weighted by atomic mass is 10.4. The lowest BCUT2D eigenvalue weighted by Gasteiger charge is -2.01. The predicted octanol–water partition coefficient (Wildman–Crippen LogP) is 1.17. The lowest BCUT2D eigenvalue weighted by Crippen LogP contribution is -2.05. The van der Waals surface area contributed by atoms with Crippen molar-refractivity contribution >= 4 is 5.82 Å². The second kappa shape index (κ2) is 3.02. The fourth-order valence-electron chi connectivity index (χ4n) is 1.17. The molecule has 1 N–H and O–H groups in total. The average molecular weight is 174 g/mol. The molecule has 4 nitrogen and oxygen atoms in total. The van der Waals surface area contributed by atoms with Crippen LogP contribution in [-0.4, -0.2) is 16.0 Å². The number of nitrogens with zero attached hydrogens (tertiary/aromatic N) is 3. The van der Waals surface area contributed by atoms with Crippen molar-refractivity contribution < 1.29 is 0 Å². The SMILES string of the molecule is C[C@@H]1C[C@H]1Nc1cnc(C#N)cn1. The first-order valence-electron chi connectivity index (χ1n) is 4.28. The maximum absolute atomic E-state index is 8.49. The Bertz CT molecular complexity index is 338. The summed E-state index contributed by atoms with van der Waals surface area (Å²) >= 11 is 0. The van der Waals surface area contributed by atoms with Gasteiger partial charge in [0.15, 0.2) is 5.69 Å². The number of nitriles is 1. The Labute approximate surface area is 76.6 Å². The van der Waals surface area contributed by atoms with Gasteiger partial charge in [0.1, 0.15) is 11.9 Å². The smallest absolute Gasteiger partial charge is 0.158 e. The number of hydrogen-bond acceptors (Lipinski definition) is 4. The zero-order chi connectivity index (χ0) is 9.26. The minimum Gasteiger partial charge on any atom is -0.366 e. The molecule has 0 aromatic carbocycles. The van der Waals surface area contributed by atoms with Crippen molar-refractivity contribution in [1.29, 1.82) is 5.26 Å². The van der Waals surface area contributed by atoms with Gasteiger partial charge in [-0.15, -0.1) is 0 Å². The quantitative estimate of drug-likeness (QED) is 0.731. The molecular formula is C9H10N4. The largest absolute Gasteiger partial charge is 0.366 e. The fourth-order valence-corrected chi connectivity index (χ4v) is 1.17. The summed E-state index contributed by atoms with van der Waals surface area (Å²) in [5.41, 5.74) is 0.356. The van der Waals surface area contributed by atoms with E-state index in [2.05, 4.69) is 22.2 Å². The molecule has 0 aliphatic heterocycles. The van der Waals surface area contributed by atoms with E-state index < -0.39 is 0 Å². The van der Waals surface area contributed by atoms with Crippen molar-refractivity contribution in [3.63, 3.8) is 0 Å². The van der Waals surface area contributed by atoms with E-state index in [-0.39, 0.29) is 0 Å². The van der Waals surface area contributed by atoms with E-state index in [9.17, 15) is 0 Å². The van der Waals surface area contributed by atoms with Crippen LogP contribution >= 0.6 is 0 Å². The van der Waals surface area contributed by atoms with Gasteiger partial charge in [0.25, 0.3) is 0 Å². The maximum atomic E-state index is 8.49. The van der Waals surface area contributed by atoms with Gasteiger partial charge in [-0.25, -0.2) is 9.97 Å². The van der Waals surface area contributed by atoms with Gasteiger partial charge in [0.05, 0.1) is 12.4 Å². The summed E-state index contributed by atoms with van der Waals surface area (Å²) in [6.07, 6.45) is 4.28. The summed E-state index contributed by atoms with van der Waals surface area (Å²) in [4.78, 5) is 7.98. The molecule has 0 saturated heterocycles. The third-order valence-electron chi connectivity index (χ3n) is 2.21. The highest BCUT2D eigenvalue weighted by molar-refractivity contribution is 5.36. The minimum absolute atomic E-state index is 0.356. The van der Waals surface area contributed by atoms with Crippen molar-refractivity contribution in [3.05, 3.63) is 18.1 Å². The van der Waals surface area contributed by atoms with Crippen molar-refractivity contribution in [2.45, 2.75) is 19.4 Å². The summed E-state index contributed by atoms with van der Waals surface area (Å²) in [6.45, 7) is 2.19. The summed E-state index contributed by atoms with van der Waals surface area (Å²) in [5.74, 6) is 1.49. The molecule has 1 fully saturated rings. The van der Waals surface area contributed by atoms with E-state index in [0.29, 0.717) is 11.7 Å². The van der Waals surface area contributed by atoms with Crippen LogP contribution in [0.15, 0.2) is 12.4 Å². The molecule has 0 radical (unpaired) electrons. The van der Waals surface area contributed by atoms with E-state index in [0.717, 1.165) is 11.7 Å². The Hall–Kier alpha value is -1.63. The van der Waals surface area contributed by atoms with Crippen molar-refractivity contribution in [1.82, 2.24) is 9.97 Å². The summed E-state index contributed by atoms with van der Waals surface area (Å²) in [7, 11) is 0. The normalized spacial score (nSPS) is 24.9. The third kappa shape index (κ3) is 1.75. The van der Waals surface area contributed by atoms with Gasteiger partial charge in [-0.1, -0.05) is 6.92 Å². The molecule has 0 bridgehead atoms. The molecule has 66 valence electrons. The maximum Gasteiger partial charge on any atom is 0.158 e. The van der Waals surface area contributed by atoms with Crippen LogP contribution in [0.5, 0.6) is 0 Å². The zero-order valence-electron chi connectivity index (χ0n) is 7.36. The Balaban J connectivity index is 2.02. The topological polar surface area (TPSA) is 61.6 Å². The Morgan fingerprint density at radius 2 is 2.31 bits per heavy atom. The molecule has 1 heterocycles. The molecule has 2 atom stereocenters. The van der Waals surface area contributed by atoms with E-state index in [1.54, 1.807) is 6.20 Å². The van der Waals surface area contributed by atoms with E-state index >= 15 is 0 Å². The van der Waals surface area contributed by atoms with E-state index in [4.69, 9.17) is 5.26 Å². The molecule has 0 unspecified atom stereocenters. The Morgan fingerprint density at radius 3 is 2.77 bits per heavy atom. The van der Waals surface area contributed by atoms with Crippen LogP contribution in [-0.2, 0) is 0 Å². The summed E-state index contributed by atoms with van der Waals surface area (Å²) in [6, 6.07) is 2.47.